The minimum absolute atomic E-state index is 0.0720. The number of nitrogens with two attached hydrogens (primary N) is 4. The van der Waals surface area contributed by atoms with E-state index < -0.39 is 40.0 Å². The highest BCUT2D eigenvalue weighted by Gasteiger charge is 2.43. The van der Waals surface area contributed by atoms with E-state index in [1.807, 2.05) is 69.3 Å². The zero-order valence-corrected chi connectivity index (χ0v) is 38.2. The second-order valence-electron chi connectivity index (χ2n) is 19.0. The number of carbonyl (C=O) groups is 2. The van der Waals surface area contributed by atoms with Crippen molar-refractivity contribution in [3.63, 3.8) is 0 Å². The molecule has 2 amide bonds. The minimum atomic E-state index is -0.692. The van der Waals surface area contributed by atoms with Gasteiger partial charge in [0.05, 0.1) is 23.7 Å². The summed E-state index contributed by atoms with van der Waals surface area (Å²) in [6.45, 7) is 11.0. The molecule has 6 rings (SSSR count). The Morgan fingerprint density at radius 3 is 1.35 bits per heavy atom. The maximum absolute atomic E-state index is 12.2. The molecule has 2 unspecified atom stereocenters. The number of carbonyl (C=O) groups excluding carboxylic acids is 2. The monoisotopic (exact) mass is 868 g/mol. The highest BCUT2D eigenvalue weighted by molar-refractivity contribution is 6.30. The lowest BCUT2D eigenvalue weighted by molar-refractivity contribution is 0.0434. The zero-order chi connectivity index (χ0) is 44.8. The molecule has 4 saturated carbocycles. The fraction of sp³-hybridized carbons (Fsp3) is 0.652. The largest absolute Gasteiger partial charge is 0.444 e. The van der Waals surface area contributed by atoms with Gasteiger partial charge in [0.25, 0.3) is 0 Å². The molecule has 0 aromatic heterocycles. The number of nitriles is 2. The number of benzene rings is 2. The highest BCUT2D eigenvalue weighted by atomic mass is 35.5. The van der Waals surface area contributed by atoms with E-state index in [1.54, 1.807) is 20.8 Å². The van der Waals surface area contributed by atoms with Gasteiger partial charge in [-0.2, -0.15) is 10.5 Å². The van der Waals surface area contributed by atoms with Crippen LogP contribution in [0.1, 0.15) is 167 Å². The molecule has 4 fully saturated rings. The maximum atomic E-state index is 12.2. The topological polar surface area (TPSA) is 228 Å². The Balaban J connectivity index is 0.000000224. The van der Waals surface area contributed by atoms with Crippen LogP contribution in [0.15, 0.2) is 48.5 Å². The summed E-state index contributed by atoms with van der Waals surface area (Å²) in [4.78, 5) is 23.7. The molecule has 2 aromatic rings. The van der Waals surface area contributed by atoms with Crippen molar-refractivity contribution in [1.82, 2.24) is 10.6 Å². The number of nitrogens with zero attached hydrogens (tertiary/aromatic N) is 2. The van der Waals surface area contributed by atoms with Gasteiger partial charge in [-0.05, 0) is 141 Å². The van der Waals surface area contributed by atoms with E-state index in [-0.39, 0.29) is 17.6 Å². The van der Waals surface area contributed by atoms with E-state index in [9.17, 15) is 9.59 Å². The molecule has 10 N–H and O–H groups in total. The predicted molar refractivity (Wildman–Crippen MR) is 240 cm³/mol. The third kappa shape index (κ3) is 16.0. The molecular weight excluding hydrogens is 799 g/mol. The Hall–Kier alpha value is -3.62. The lowest BCUT2D eigenvalue weighted by atomic mass is 9.84. The Morgan fingerprint density at radius 2 is 0.967 bits per heavy atom. The van der Waals surface area contributed by atoms with Crippen LogP contribution in [-0.4, -0.2) is 45.5 Å². The van der Waals surface area contributed by atoms with Crippen LogP contribution in [0.4, 0.5) is 9.59 Å². The molecule has 4 aliphatic carbocycles. The number of alkyl carbamates (subject to hydrolysis) is 2. The SMILES string of the molecule is CC(C)(C)OC(=O)NC1(C#N)CCCC1.CC(C)(C)OC(=O)NC1(C(N)c2ccc(Cl)cc2)CCCC1.N#CC1(N)CCCC1.NC(c1ccc(Cl)cc1)C1(N)CCCC1. The molecule has 4 aliphatic rings. The molecule has 0 spiro atoms. The highest BCUT2D eigenvalue weighted by Crippen LogP contribution is 2.40. The fourth-order valence-corrected chi connectivity index (χ4v) is 8.47. The predicted octanol–water partition coefficient (Wildman–Crippen LogP) is 9.92. The van der Waals surface area contributed by atoms with Crippen LogP contribution < -0.4 is 33.6 Å². The molecule has 332 valence electrons. The summed E-state index contributed by atoms with van der Waals surface area (Å²) in [5.74, 6) is 0. The number of halogens is 2. The quantitative estimate of drug-likeness (QED) is 0.161. The van der Waals surface area contributed by atoms with E-state index in [0.717, 1.165) is 106 Å². The first-order valence-electron chi connectivity index (χ1n) is 21.4. The van der Waals surface area contributed by atoms with Gasteiger partial charge >= 0.3 is 12.2 Å². The van der Waals surface area contributed by atoms with Gasteiger partial charge in [-0.1, -0.05) is 86.0 Å². The third-order valence-corrected chi connectivity index (χ3v) is 12.1. The molecular formula is C46H70Cl2N8O4. The standard InChI is InChI=1S/C17H25ClN2O2.C12H17ClN2.C11H18N2O2.C6H10N2/c1-16(2,3)22-15(21)20-17(10-4-5-11-17)14(19)12-6-8-13(18)9-7-12;13-10-5-3-9(4-6-10)11(14)12(15)7-1-2-8-12;1-10(2,3)15-9(14)13-11(8-12)6-4-5-7-11;7-5-6(8)3-1-2-4-6/h6-9,14H,4-5,10-11,19H2,1-3H3,(H,20,21);3-6,11H,1-2,7-8,14-15H2;4-7H2,1-3H3,(H,13,14);1-4,8H2. The average Bonchev–Trinajstić information content (AvgIpc) is 4.01. The molecule has 60 heavy (non-hydrogen) atoms. The lowest BCUT2D eigenvalue weighted by Crippen LogP contribution is -2.54. The molecule has 14 heteroatoms. The van der Waals surface area contributed by atoms with Gasteiger partial charge < -0.3 is 43.0 Å². The fourth-order valence-electron chi connectivity index (χ4n) is 8.22. The summed E-state index contributed by atoms with van der Waals surface area (Å²) in [7, 11) is 0. The smallest absolute Gasteiger partial charge is 0.408 e. The third-order valence-electron chi connectivity index (χ3n) is 11.6. The van der Waals surface area contributed by atoms with Crippen molar-refractivity contribution in [3.8, 4) is 12.1 Å². The van der Waals surface area contributed by atoms with Gasteiger partial charge in [0.15, 0.2) is 0 Å². The van der Waals surface area contributed by atoms with E-state index in [4.69, 9.17) is 66.1 Å². The summed E-state index contributed by atoms with van der Waals surface area (Å²) in [5.41, 5.74) is 23.8. The van der Waals surface area contributed by atoms with Gasteiger partial charge in [0, 0.05) is 21.6 Å². The number of hydrogen-bond acceptors (Lipinski definition) is 10. The summed E-state index contributed by atoms with van der Waals surface area (Å²) in [6, 6.07) is 19.1. The van der Waals surface area contributed by atoms with E-state index in [2.05, 4.69) is 22.8 Å². The van der Waals surface area contributed by atoms with Gasteiger partial charge in [0.2, 0.25) is 0 Å². The van der Waals surface area contributed by atoms with Crippen LogP contribution in [0.5, 0.6) is 0 Å². The van der Waals surface area contributed by atoms with Crippen molar-refractivity contribution in [1.29, 1.82) is 10.5 Å². The normalized spacial score (nSPS) is 20.4. The van der Waals surface area contributed by atoms with Crippen LogP contribution >= 0.6 is 23.2 Å². The Kier molecular flexibility index (Phi) is 18.6. The van der Waals surface area contributed by atoms with Crippen LogP contribution in [0.25, 0.3) is 0 Å². The van der Waals surface area contributed by atoms with E-state index in [1.165, 1.54) is 12.8 Å². The van der Waals surface area contributed by atoms with Crippen LogP contribution in [-0.2, 0) is 9.47 Å². The van der Waals surface area contributed by atoms with E-state index in [0.29, 0.717) is 5.02 Å². The summed E-state index contributed by atoms with van der Waals surface area (Å²) in [5, 5.41) is 24.6. The molecule has 0 heterocycles. The van der Waals surface area contributed by atoms with Gasteiger partial charge in [0.1, 0.15) is 22.3 Å². The maximum Gasteiger partial charge on any atom is 0.408 e. The molecule has 0 aliphatic heterocycles. The van der Waals surface area contributed by atoms with Crippen molar-refractivity contribution >= 4 is 35.4 Å². The number of ether oxygens (including phenoxy) is 2. The number of nitrogens with one attached hydrogen (secondary N) is 2. The van der Waals surface area contributed by atoms with Gasteiger partial charge in [-0.25, -0.2) is 9.59 Å². The second kappa shape index (κ2) is 21.9. The molecule has 0 saturated heterocycles. The van der Waals surface area contributed by atoms with Gasteiger partial charge in [-0.15, -0.1) is 0 Å². The zero-order valence-electron chi connectivity index (χ0n) is 36.7. The van der Waals surface area contributed by atoms with Crippen molar-refractivity contribution in [3.05, 3.63) is 69.7 Å². The van der Waals surface area contributed by atoms with Crippen LogP contribution in [0, 0.1) is 22.7 Å². The average molecular weight is 870 g/mol. The first-order chi connectivity index (χ1) is 28.0. The Labute approximate surface area is 368 Å². The Bertz CT molecular complexity index is 1740. The minimum Gasteiger partial charge on any atom is -0.444 e. The summed E-state index contributed by atoms with van der Waals surface area (Å²) >= 11 is 11.8. The molecule has 12 nitrogen and oxygen atoms in total. The molecule has 2 aromatic carbocycles. The first-order valence-corrected chi connectivity index (χ1v) is 22.2. The van der Waals surface area contributed by atoms with Crippen LogP contribution in [0.3, 0.4) is 0 Å². The second-order valence-corrected chi connectivity index (χ2v) is 19.9. The molecule has 0 bridgehead atoms. The van der Waals surface area contributed by atoms with E-state index >= 15 is 0 Å². The van der Waals surface area contributed by atoms with Crippen molar-refractivity contribution < 1.29 is 19.1 Å². The summed E-state index contributed by atoms with van der Waals surface area (Å²) < 4.78 is 10.5. The van der Waals surface area contributed by atoms with Gasteiger partial charge in [-0.3, -0.25) is 0 Å². The van der Waals surface area contributed by atoms with Crippen molar-refractivity contribution in [2.45, 2.75) is 190 Å². The number of rotatable bonds is 6. The molecule has 2 atom stereocenters. The molecule has 0 radical (unpaired) electrons. The summed E-state index contributed by atoms with van der Waals surface area (Å²) in [6.07, 6.45) is 14.8. The number of hydrogen-bond donors (Lipinski definition) is 6. The van der Waals surface area contributed by atoms with Crippen molar-refractivity contribution in [2.24, 2.45) is 22.9 Å². The lowest BCUT2D eigenvalue weighted by Gasteiger charge is -2.37. The van der Waals surface area contributed by atoms with Crippen molar-refractivity contribution in [2.75, 3.05) is 0 Å². The Morgan fingerprint density at radius 1 is 0.600 bits per heavy atom. The first kappa shape index (κ1) is 50.7. The van der Waals surface area contributed by atoms with Crippen LogP contribution in [0.2, 0.25) is 10.0 Å². The number of amides is 2.